The molecule has 0 aliphatic carbocycles. The van der Waals surface area contributed by atoms with E-state index in [9.17, 15) is 9.59 Å². The van der Waals surface area contributed by atoms with Gasteiger partial charge in [-0.3, -0.25) is 14.5 Å². The van der Waals surface area contributed by atoms with Crippen molar-refractivity contribution >= 4 is 11.8 Å². The first-order valence-corrected chi connectivity index (χ1v) is 7.40. The molecule has 0 saturated carbocycles. The van der Waals surface area contributed by atoms with Crippen molar-refractivity contribution in [1.29, 1.82) is 0 Å². The molecule has 0 unspecified atom stereocenters. The number of amides is 2. The van der Waals surface area contributed by atoms with Gasteiger partial charge in [-0.2, -0.15) is 0 Å². The molecule has 2 amide bonds. The summed E-state index contributed by atoms with van der Waals surface area (Å²) in [6, 6.07) is 9.44. The second kappa shape index (κ2) is 9.13. The third-order valence-electron chi connectivity index (χ3n) is 3.36. The lowest BCUT2D eigenvalue weighted by Gasteiger charge is -2.26. The van der Waals surface area contributed by atoms with Gasteiger partial charge >= 0.3 is 0 Å². The molecule has 2 N–H and O–H groups in total. The first-order chi connectivity index (χ1) is 10.1. The van der Waals surface area contributed by atoms with Crippen LogP contribution in [0.25, 0.3) is 0 Å². The predicted molar refractivity (Wildman–Crippen MR) is 83.7 cm³/mol. The summed E-state index contributed by atoms with van der Waals surface area (Å²) >= 11 is 0. The van der Waals surface area contributed by atoms with Gasteiger partial charge in [-0.1, -0.05) is 37.3 Å². The third-order valence-corrected chi connectivity index (χ3v) is 3.36. The molecule has 1 aromatic rings. The summed E-state index contributed by atoms with van der Waals surface area (Å²) in [4.78, 5) is 25.7. The van der Waals surface area contributed by atoms with Crippen molar-refractivity contribution in [3.8, 4) is 0 Å². The van der Waals surface area contributed by atoms with Gasteiger partial charge in [-0.25, -0.2) is 0 Å². The molecule has 5 nitrogen and oxygen atoms in total. The number of carbonyl (C=O) groups is 2. The molecule has 0 aromatic heterocycles. The third kappa shape index (κ3) is 5.95. The topological polar surface area (TPSA) is 61.4 Å². The second-order valence-electron chi connectivity index (χ2n) is 4.90. The molecule has 0 bridgehead atoms. The molecule has 0 aliphatic heterocycles. The van der Waals surface area contributed by atoms with Crippen LogP contribution in [0.5, 0.6) is 0 Å². The second-order valence-corrected chi connectivity index (χ2v) is 4.90. The van der Waals surface area contributed by atoms with Gasteiger partial charge in [0.2, 0.25) is 11.8 Å². The summed E-state index contributed by atoms with van der Waals surface area (Å²) < 4.78 is 0. The summed E-state index contributed by atoms with van der Waals surface area (Å²) in [5.74, 6) is -0.118. The Morgan fingerprint density at radius 2 is 1.81 bits per heavy atom. The van der Waals surface area contributed by atoms with Gasteiger partial charge in [0.15, 0.2) is 0 Å². The van der Waals surface area contributed by atoms with Gasteiger partial charge in [-0.15, -0.1) is 0 Å². The highest BCUT2D eigenvalue weighted by Crippen LogP contribution is 2.01. The Hall–Kier alpha value is -1.88. The molecule has 0 spiro atoms. The van der Waals surface area contributed by atoms with E-state index in [1.807, 2.05) is 56.0 Å². The van der Waals surface area contributed by atoms with Crippen molar-refractivity contribution in [2.24, 2.45) is 0 Å². The minimum atomic E-state index is -0.332. The van der Waals surface area contributed by atoms with Crippen LogP contribution in [0.15, 0.2) is 30.3 Å². The zero-order valence-corrected chi connectivity index (χ0v) is 13.1. The highest BCUT2D eigenvalue weighted by molar-refractivity contribution is 5.83. The van der Waals surface area contributed by atoms with Gasteiger partial charge in [0.05, 0.1) is 12.6 Å². The predicted octanol–water partition coefficient (Wildman–Crippen LogP) is 1.15. The largest absolute Gasteiger partial charge is 0.355 e. The Kier molecular flexibility index (Phi) is 7.46. The smallest absolute Gasteiger partial charge is 0.237 e. The normalized spacial score (nSPS) is 12.0. The zero-order valence-electron chi connectivity index (χ0n) is 13.1. The van der Waals surface area contributed by atoms with Crippen LogP contribution in [-0.2, 0) is 16.1 Å². The minimum Gasteiger partial charge on any atom is -0.355 e. The Morgan fingerprint density at radius 3 is 2.38 bits per heavy atom. The van der Waals surface area contributed by atoms with Gasteiger partial charge in [-0.05, 0) is 26.0 Å². The Balaban J connectivity index is 2.49. The molecule has 0 aliphatic rings. The van der Waals surface area contributed by atoms with Crippen molar-refractivity contribution in [2.75, 3.05) is 19.6 Å². The fraction of sp³-hybridized carbons (Fsp3) is 0.500. The van der Waals surface area contributed by atoms with Gasteiger partial charge in [0.1, 0.15) is 0 Å². The fourth-order valence-corrected chi connectivity index (χ4v) is 2.06. The molecule has 0 saturated heterocycles. The Labute approximate surface area is 126 Å². The zero-order chi connectivity index (χ0) is 15.7. The van der Waals surface area contributed by atoms with E-state index in [1.165, 1.54) is 0 Å². The van der Waals surface area contributed by atoms with E-state index in [0.717, 1.165) is 5.56 Å². The number of benzene rings is 1. The standard InChI is InChI=1S/C16H25N3O2/c1-4-17-15(20)12-19(5-2)13(3)16(21)18-11-14-9-7-6-8-10-14/h6-10,13H,4-5,11-12H2,1-3H3,(H,17,20)(H,18,21)/t13-/m1/s1. The van der Waals surface area contributed by atoms with Crippen LogP contribution in [0.2, 0.25) is 0 Å². The number of carbonyl (C=O) groups excluding carboxylic acids is 2. The van der Waals surface area contributed by atoms with E-state index in [0.29, 0.717) is 19.6 Å². The summed E-state index contributed by atoms with van der Waals surface area (Å²) in [6.45, 7) is 7.64. The van der Waals surface area contributed by atoms with Crippen LogP contribution >= 0.6 is 0 Å². The maximum atomic E-state index is 12.2. The van der Waals surface area contributed by atoms with Gasteiger partial charge < -0.3 is 10.6 Å². The van der Waals surface area contributed by atoms with E-state index in [2.05, 4.69) is 10.6 Å². The van der Waals surface area contributed by atoms with E-state index in [1.54, 1.807) is 0 Å². The molecule has 0 heterocycles. The number of hydrogen-bond acceptors (Lipinski definition) is 3. The molecule has 1 atom stereocenters. The number of rotatable bonds is 8. The Bertz CT molecular complexity index is 448. The van der Waals surface area contributed by atoms with Crippen molar-refractivity contribution in [3.05, 3.63) is 35.9 Å². The lowest BCUT2D eigenvalue weighted by atomic mass is 10.2. The fourth-order valence-electron chi connectivity index (χ4n) is 2.06. The van der Waals surface area contributed by atoms with Crippen LogP contribution in [0, 0.1) is 0 Å². The van der Waals surface area contributed by atoms with Crippen LogP contribution in [0.3, 0.4) is 0 Å². The Morgan fingerprint density at radius 1 is 1.14 bits per heavy atom. The number of nitrogens with zero attached hydrogens (tertiary/aromatic N) is 1. The molecule has 0 fully saturated rings. The van der Waals surface area contributed by atoms with Crippen LogP contribution in [-0.4, -0.2) is 42.4 Å². The first-order valence-electron chi connectivity index (χ1n) is 7.40. The molecule has 1 rings (SSSR count). The van der Waals surface area contributed by atoms with E-state index >= 15 is 0 Å². The average Bonchev–Trinajstić information content (AvgIpc) is 2.51. The van der Waals surface area contributed by atoms with Crippen LogP contribution in [0.1, 0.15) is 26.3 Å². The van der Waals surface area contributed by atoms with Crippen molar-refractivity contribution < 1.29 is 9.59 Å². The quantitative estimate of drug-likeness (QED) is 0.755. The average molecular weight is 291 g/mol. The van der Waals surface area contributed by atoms with Gasteiger partial charge in [0.25, 0.3) is 0 Å². The number of likely N-dealkylation sites (N-methyl/N-ethyl adjacent to an activating group) is 2. The molecule has 21 heavy (non-hydrogen) atoms. The monoisotopic (exact) mass is 291 g/mol. The molecule has 116 valence electrons. The number of nitrogens with one attached hydrogen (secondary N) is 2. The van der Waals surface area contributed by atoms with E-state index in [4.69, 9.17) is 0 Å². The molecule has 1 aromatic carbocycles. The SMILES string of the molecule is CCNC(=O)CN(CC)[C@H](C)C(=O)NCc1ccccc1. The lowest BCUT2D eigenvalue weighted by molar-refractivity contribution is -0.128. The first kappa shape index (κ1) is 17.2. The summed E-state index contributed by atoms with van der Waals surface area (Å²) in [5.41, 5.74) is 1.06. The molecular weight excluding hydrogens is 266 g/mol. The van der Waals surface area contributed by atoms with Crippen LogP contribution < -0.4 is 10.6 Å². The maximum absolute atomic E-state index is 12.2. The minimum absolute atomic E-state index is 0.0536. The molecular formula is C16H25N3O2. The van der Waals surface area contributed by atoms with Crippen LogP contribution in [0.4, 0.5) is 0 Å². The van der Waals surface area contributed by atoms with E-state index < -0.39 is 0 Å². The highest BCUT2D eigenvalue weighted by Gasteiger charge is 2.21. The van der Waals surface area contributed by atoms with Crippen molar-refractivity contribution in [1.82, 2.24) is 15.5 Å². The maximum Gasteiger partial charge on any atom is 0.237 e. The summed E-state index contributed by atoms with van der Waals surface area (Å²) in [5, 5.41) is 5.66. The summed E-state index contributed by atoms with van der Waals surface area (Å²) in [7, 11) is 0. The molecule has 5 heteroatoms. The number of hydrogen-bond donors (Lipinski definition) is 2. The van der Waals surface area contributed by atoms with Crippen molar-refractivity contribution in [3.63, 3.8) is 0 Å². The lowest BCUT2D eigenvalue weighted by Crippen LogP contribution is -2.48. The van der Waals surface area contributed by atoms with Gasteiger partial charge in [0, 0.05) is 13.1 Å². The molecule has 0 radical (unpaired) electrons. The van der Waals surface area contributed by atoms with Crippen molar-refractivity contribution in [2.45, 2.75) is 33.4 Å². The summed E-state index contributed by atoms with van der Waals surface area (Å²) in [6.07, 6.45) is 0. The van der Waals surface area contributed by atoms with E-state index in [-0.39, 0.29) is 24.4 Å². The highest BCUT2D eigenvalue weighted by atomic mass is 16.2.